The van der Waals surface area contributed by atoms with E-state index in [0.717, 1.165) is 54.0 Å². The number of rotatable bonds is 5. The van der Waals surface area contributed by atoms with E-state index >= 15 is 0 Å². The number of piperazine rings is 1. The van der Waals surface area contributed by atoms with Gasteiger partial charge in [-0.25, -0.2) is 9.97 Å². The largest absolute Gasteiger partial charge is 0.444 e. The zero-order valence-corrected chi connectivity index (χ0v) is 16.2. The van der Waals surface area contributed by atoms with Crippen molar-refractivity contribution in [1.82, 2.24) is 19.8 Å². The van der Waals surface area contributed by atoms with Gasteiger partial charge in [0.1, 0.15) is 11.3 Å². The molecule has 6 nitrogen and oxygen atoms in total. The Kier molecular flexibility index (Phi) is 5.14. The second-order valence-electron chi connectivity index (χ2n) is 6.34. The lowest BCUT2D eigenvalue weighted by Crippen LogP contribution is -2.48. The van der Waals surface area contributed by atoms with Crippen molar-refractivity contribution in [2.75, 3.05) is 26.2 Å². The maximum Gasteiger partial charge on any atom is 0.236 e. The maximum absolute atomic E-state index is 12.4. The number of amides is 1. The fourth-order valence-corrected chi connectivity index (χ4v) is 4.42. The maximum atomic E-state index is 12.4. The standard InChI is InChI=1S/C18H20N4O2S2/c1-13-12-26-16(19-13)9-17(23)22-6-4-21(5-7-22)10-14-11-24-18(20-14)15-3-2-8-25-15/h2-3,8,11-12H,4-7,9-10H2,1H3. The van der Waals surface area contributed by atoms with Gasteiger partial charge in [0.05, 0.1) is 17.0 Å². The van der Waals surface area contributed by atoms with Crippen molar-refractivity contribution in [2.45, 2.75) is 19.9 Å². The summed E-state index contributed by atoms with van der Waals surface area (Å²) < 4.78 is 5.58. The van der Waals surface area contributed by atoms with Crippen LogP contribution in [0.5, 0.6) is 0 Å². The number of carbonyl (C=O) groups excluding carboxylic acids is 1. The number of oxazole rings is 1. The lowest BCUT2D eigenvalue weighted by atomic mass is 10.2. The molecule has 0 atom stereocenters. The van der Waals surface area contributed by atoms with E-state index in [1.54, 1.807) is 28.9 Å². The molecular weight excluding hydrogens is 368 g/mol. The summed E-state index contributed by atoms with van der Waals surface area (Å²) in [6, 6.07) is 4.00. The Balaban J connectivity index is 1.28. The first kappa shape index (κ1) is 17.4. The van der Waals surface area contributed by atoms with Gasteiger partial charge < -0.3 is 9.32 Å². The van der Waals surface area contributed by atoms with E-state index in [9.17, 15) is 4.79 Å². The van der Waals surface area contributed by atoms with Crippen LogP contribution < -0.4 is 0 Å². The molecule has 0 spiro atoms. The van der Waals surface area contributed by atoms with Crippen LogP contribution in [-0.2, 0) is 17.8 Å². The Morgan fingerprint density at radius 2 is 2.08 bits per heavy atom. The van der Waals surface area contributed by atoms with Crippen molar-refractivity contribution < 1.29 is 9.21 Å². The highest BCUT2D eigenvalue weighted by molar-refractivity contribution is 7.13. The molecule has 26 heavy (non-hydrogen) atoms. The molecule has 1 fully saturated rings. The molecule has 4 heterocycles. The molecule has 1 amide bonds. The molecule has 0 saturated carbocycles. The van der Waals surface area contributed by atoms with Gasteiger partial charge in [0.25, 0.3) is 0 Å². The van der Waals surface area contributed by atoms with E-state index in [2.05, 4.69) is 14.9 Å². The Morgan fingerprint density at radius 3 is 2.77 bits per heavy atom. The summed E-state index contributed by atoms with van der Waals surface area (Å²) in [6.07, 6.45) is 2.14. The van der Waals surface area contributed by atoms with Crippen LogP contribution in [0.15, 0.2) is 33.6 Å². The Morgan fingerprint density at radius 1 is 1.23 bits per heavy atom. The van der Waals surface area contributed by atoms with E-state index < -0.39 is 0 Å². The summed E-state index contributed by atoms with van der Waals surface area (Å²) in [5.74, 6) is 0.850. The average molecular weight is 389 g/mol. The van der Waals surface area contributed by atoms with Crippen LogP contribution in [0.3, 0.4) is 0 Å². The summed E-state index contributed by atoms with van der Waals surface area (Å²) in [5.41, 5.74) is 1.92. The summed E-state index contributed by atoms with van der Waals surface area (Å²) in [5, 5.41) is 4.91. The van der Waals surface area contributed by atoms with Gasteiger partial charge in [-0.15, -0.1) is 22.7 Å². The third-order valence-electron chi connectivity index (χ3n) is 4.36. The monoisotopic (exact) mass is 388 g/mol. The number of aromatic nitrogens is 2. The fraction of sp³-hybridized carbons (Fsp3) is 0.389. The van der Waals surface area contributed by atoms with Crippen molar-refractivity contribution >= 4 is 28.6 Å². The van der Waals surface area contributed by atoms with E-state index in [1.807, 2.05) is 34.7 Å². The summed E-state index contributed by atoms with van der Waals surface area (Å²) in [6.45, 7) is 5.91. The third-order valence-corrected chi connectivity index (χ3v) is 6.19. The highest BCUT2D eigenvalue weighted by Crippen LogP contribution is 2.24. The van der Waals surface area contributed by atoms with Gasteiger partial charge in [0, 0.05) is 43.8 Å². The lowest BCUT2D eigenvalue weighted by Gasteiger charge is -2.34. The molecule has 136 valence electrons. The zero-order chi connectivity index (χ0) is 17.9. The van der Waals surface area contributed by atoms with Crippen molar-refractivity contribution in [1.29, 1.82) is 0 Å². The van der Waals surface area contributed by atoms with Crippen LogP contribution in [0.25, 0.3) is 10.8 Å². The molecule has 0 radical (unpaired) electrons. The normalized spacial score (nSPS) is 15.5. The van der Waals surface area contributed by atoms with Crippen molar-refractivity contribution in [3.8, 4) is 10.8 Å². The lowest BCUT2D eigenvalue weighted by molar-refractivity contribution is -0.132. The van der Waals surface area contributed by atoms with E-state index in [4.69, 9.17) is 4.42 Å². The highest BCUT2D eigenvalue weighted by atomic mass is 32.1. The Hall–Kier alpha value is -2.03. The number of thiazole rings is 1. The van der Waals surface area contributed by atoms with Crippen molar-refractivity contribution in [3.05, 3.63) is 45.6 Å². The number of hydrogen-bond donors (Lipinski definition) is 0. The van der Waals surface area contributed by atoms with Crippen LogP contribution in [0, 0.1) is 6.92 Å². The van der Waals surface area contributed by atoms with E-state index in [1.165, 1.54) is 0 Å². The number of hydrogen-bond acceptors (Lipinski definition) is 7. The first-order valence-electron chi connectivity index (χ1n) is 8.57. The minimum Gasteiger partial charge on any atom is -0.444 e. The third kappa shape index (κ3) is 4.03. The smallest absolute Gasteiger partial charge is 0.236 e. The predicted molar refractivity (Wildman–Crippen MR) is 102 cm³/mol. The van der Waals surface area contributed by atoms with Crippen LogP contribution in [0.2, 0.25) is 0 Å². The molecule has 3 aromatic rings. The Labute approximate surface area is 160 Å². The number of aryl methyl sites for hydroxylation is 1. The summed E-state index contributed by atoms with van der Waals surface area (Å²) in [7, 11) is 0. The van der Waals surface area contributed by atoms with Crippen LogP contribution in [0.1, 0.15) is 16.4 Å². The van der Waals surface area contributed by atoms with Crippen LogP contribution in [-0.4, -0.2) is 51.9 Å². The second-order valence-corrected chi connectivity index (χ2v) is 8.23. The molecule has 0 aliphatic carbocycles. The van der Waals surface area contributed by atoms with Crippen molar-refractivity contribution in [2.24, 2.45) is 0 Å². The molecule has 0 bridgehead atoms. The first-order valence-corrected chi connectivity index (χ1v) is 10.3. The molecule has 4 rings (SSSR count). The van der Waals surface area contributed by atoms with Gasteiger partial charge >= 0.3 is 0 Å². The predicted octanol–water partition coefficient (Wildman–Crippen LogP) is 3.05. The Bertz CT molecular complexity index is 864. The second kappa shape index (κ2) is 7.69. The first-order chi connectivity index (χ1) is 12.7. The summed E-state index contributed by atoms with van der Waals surface area (Å²) in [4.78, 5) is 26.7. The molecule has 3 aromatic heterocycles. The van der Waals surface area contributed by atoms with Gasteiger partial charge in [-0.2, -0.15) is 0 Å². The zero-order valence-electron chi connectivity index (χ0n) is 14.6. The SMILES string of the molecule is Cc1csc(CC(=O)N2CCN(Cc3coc(-c4cccs4)n3)CC2)n1. The van der Waals surface area contributed by atoms with E-state index in [-0.39, 0.29) is 5.91 Å². The molecule has 1 aliphatic rings. The van der Waals surface area contributed by atoms with Crippen LogP contribution >= 0.6 is 22.7 Å². The molecule has 0 N–H and O–H groups in total. The van der Waals surface area contributed by atoms with E-state index in [0.29, 0.717) is 12.3 Å². The molecule has 1 saturated heterocycles. The van der Waals surface area contributed by atoms with Gasteiger partial charge in [-0.1, -0.05) is 6.07 Å². The quantitative estimate of drug-likeness (QED) is 0.672. The molecule has 0 aromatic carbocycles. The topological polar surface area (TPSA) is 62.5 Å². The van der Waals surface area contributed by atoms with Crippen molar-refractivity contribution in [3.63, 3.8) is 0 Å². The summed E-state index contributed by atoms with van der Waals surface area (Å²) >= 11 is 3.18. The number of carbonyl (C=O) groups is 1. The van der Waals surface area contributed by atoms with Gasteiger partial charge in [0.15, 0.2) is 0 Å². The van der Waals surface area contributed by atoms with Gasteiger partial charge in [-0.3, -0.25) is 9.69 Å². The molecule has 1 aliphatic heterocycles. The fourth-order valence-electron chi connectivity index (χ4n) is 3.00. The van der Waals surface area contributed by atoms with Crippen LogP contribution in [0.4, 0.5) is 0 Å². The number of thiophene rings is 1. The van der Waals surface area contributed by atoms with Gasteiger partial charge in [-0.05, 0) is 18.4 Å². The molecule has 8 heteroatoms. The minimum absolute atomic E-state index is 0.167. The minimum atomic E-state index is 0.167. The van der Waals surface area contributed by atoms with Gasteiger partial charge in [0.2, 0.25) is 11.8 Å². The highest BCUT2D eigenvalue weighted by Gasteiger charge is 2.22. The number of nitrogens with zero attached hydrogens (tertiary/aromatic N) is 4. The molecular formula is C18H20N4O2S2. The molecule has 0 unspecified atom stereocenters. The average Bonchev–Trinajstić information content (AvgIpc) is 3.37.